The van der Waals surface area contributed by atoms with Crippen LogP contribution in [0.4, 0.5) is 0 Å². The number of sulfone groups is 1. The average Bonchev–Trinajstić information content (AvgIpc) is 3.23. The number of carboxylic acid groups (broad SMARTS) is 1. The van der Waals surface area contributed by atoms with Gasteiger partial charge in [0.1, 0.15) is 5.56 Å². The van der Waals surface area contributed by atoms with Gasteiger partial charge in [-0.1, -0.05) is 5.16 Å². The van der Waals surface area contributed by atoms with Crippen LogP contribution in [-0.4, -0.2) is 36.7 Å². The van der Waals surface area contributed by atoms with E-state index >= 15 is 0 Å². The molecule has 0 aliphatic heterocycles. The fraction of sp³-hybridized carbons (Fsp3) is 0.267. The van der Waals surface area contributed by atoms with Crippen molar-refractivity contribution < 1.29 is 27.6 Å². The minimum atomic E-state index is -3.42. The van der Waals surface area contributed by atoms with Gasteiger partial charge in [0.15, 0.2) is 21.4 Å². The van der Waals surface area contributed by atoms with E-state index in [1.807, 2.05) is 0 Å². The highest BCUT2D eigenvalue weighted by molar-refractivity contribution is 9.10. The lowest BCUT2D eigenvalue weighted by atomic mass is 9.99. The predicted octanol–water partition coefficient (Wildman–Crippen LogP) is 2.65. The summed E-state index contributed by atoms with van der Waals surface area (Å²) in [4.78, 5) is 24.2. The van der Waals surface area contributed by atoms with Crippen LogP contribution in [0, 0.1) is 0 Å². The number of hydrogen-bond donors (Lipinski definition) is 1. The Labute approximate surface area is 145 Å². The van der Waals surface area contributed by atoms with E-state index in [1.54, 1.807) is 0 Å². The fourth-order valence-electron chi connectivity index (χ4n) is 2.34. The molecule has 0 radical (unpaired) electrons. The summed E-state index contributed by atoms with van der Waals surface area (Å²) in [5, 5.41) is 12.7. The minimum absolute atomic E-state index is 0.00128. The SMILES string of the molecule is CS(=O)(=O)c1ccc(C(=O)c2c(C(=O)O)noc2C2CC2)c(Br)c1. The van der Waals surface area contributed by atoms with Gasteiger partial charge in [0.05, 0.1) is 4.90 Å². The lowest BCUT2D eigenvalue weighted by Gasteiger charge is -2.06. The number of halogens is 1. The molecular weight excluding hydrogens is 402 g/mol. The molecule has 0 bridgehead atoms. The second kappa shape index (κ2) is 5.82. The van der Waals surface area contributed by atoms with Crippen molar-refractivity contribution in [2.24, 2.45) is 0 Å². The molecule has 0 spiro atoms. The van der Waals surface area contributed by atoms with Gasteiger partial charge < -0.3 is 9.63 Å². The van der Waals surface area contributed by atoms with E-state index in [4.69, 9.17) is 4.52 Å². The van der Waals surface area contributed by atoms with Crippen molar-refractivity contribution in [3.8, 4) is 0 Å². The van der Waals surface area contributed by atoms with Crippen molar-refractivity contribution in [1.82, 2.24) is 5.16 Å². The molecule has 1 heterocycles. The number of carbonyl (C=O) groups is 2. The summed E-state index contributed by atoms with van der Waals surface area (Å²) >= 11 is 3.18. The molecule has 126 valence electrons. The zero-order valence-electron chi connectivity index (χ0n) is 12.4. The van der Waals surface area contributed by atoms with Gasteiger partial charge in [-0.2, -0.15) is 0 Å². The molecule has 7 nitrogen and oxygen atoms in total. The van der Waals surface area contributed by atoms with Gasteiger partial charge in [-0.25, -0.2) is 13.2 Å². The molecule has 1 saturated carbocycles. The molecule has 24 heavy (non-hydrogen) atoms. The monoisotopic (exact) mass is 413 g/mol. The van der Waals surface area contributed by atoms with E-state index in [0.717, 1.165) is 19.1 Å². The number of rotatable bonds is 5. The molecule has 0 unspecified atom stereocenters. The van der Waals surface area contributed by atoms with Gasteiger partial charge in [-0.3, -0.25) is 4.79 Å². The maximum absolute atomic E-state index is 12.8. The quantitative estimate of drug-likeness (QED) is 0.748. The molecule has 2 aromatic rings. The van der Waals surface area contributed by atoms with Crippen LogP contribution in [-0.2, 0) is 9.84 Å². The number of nitrogens with zero attached hydrogens (tertiary/aromatic N) is 1. The molecule has 0 amide bonds. The average molecular weight is 414 g/mol. The number of hydrogen-bond acceptors (Lipinski definition) is 6. The molecule has 0 atom stereocenters. The molecule has 1 aliphatic carbocycles. The van der Waals surface area contributed by atoms with E-state index in [0.29, 0.717) is 0 Å². The molecule has 9 heteroatoms. The first-order chi connectivity index (χ1) is 11.2. The lowest BCUT2D eigenvalue weighted by molar-refractivity contribution is 0.0682. The highest BCUT2D eigenvalue weighted by Gasteiger charge is 2.37. The Bertz CT molecular complexity index is 958. The van der Waals surface area contributed by atoms with Crippen molar-refractivity contribution in [3.05, 3.63) is 45.3 Å². The molecule has 1 aromatic carbocycles. The molecule has 1 aromatic heterocycles. The highest BCUT2D eigenvalue weighted by Crippen LogP contribution is 2.43. The van der Waals surface area contributed by atoms with Crippen molar-refractivity contribution in [2.75, 3.05) is 6.26 Å². The van der Waals surface area contributed by atoms with Crippen molar-refractivity contribution in [1.29, 1.82) is 0 Å². The number of ketones is 1. The Hall–Kier alpha value is -2.00. The van der Waals surface area contributed by atoms with Crippen LogP contribution in [0.15, 0.2) is 32.1 Å². The highest BCUT2D eigenvalue weighted by atomic mass is 79.9. The molecule has 0 saturated heterocycles. The van der Waals surface area contributed by atoms with E-state index in [-0.39, 0.29) is 32.2 Å². The van der Waals surface area contributed by atoms with E-state index in [2.05, 4.69) is 21.1 Å². The first-order valence-corrected chi connectivity index (χ1v) is 9.65. The Kier molecular flexibility index (Phi) is 4.08. The third kappa shape index (κ3) is 3.01. The van der Waals surface area contributed by atoms with Gasteiger partial charge in [0, 0.05) is 22.2 Å². The summed E-state index contributed by atoms with van der Waals surface area (Å²) in [6.45, 7) is 0. The van der Waals surface area contributed by atoms with Crippen LogP contribution in [0.1, 0.15) is 50.9 Å². The maximum Gasteiger partial charge on any atom is 0.358 e. The molecule has 1 aliphatic rings. The van der Waals surface area contributed by atoms with Gasteiger partial charge in [0.25, 0.3) is 0 Å². The van der Waals surface area contributed by atoms with Crippen LogP contribution < -0.4 is 0 Å². The van der Waals surface area contributed by atoms with E-state index in [1.165, 1.54) is 18.2 Å². The fourth-order valence-corrected chi connectivity index (χ4v) is 3.70. The Morgan fingerprint density at radius 1 is 1.33 bits per heavy atom. The summed E-state index contributed by atoms with van der Waals surface area (Å²) in [6.07, 6.45) is 2.68. The van der Waals surface area contributed by atoms with Gasteiger partial charge in [0.2, 0.25) is 5.69 Å². The van der Waals surface area contributed by atoms with Crippen molar-refractivity contribution in [3.63, 3.8) is 0 Å². The maximum atomic E-state index is 12.8. The predicted molar refractivity (Wildman–Crippen MR) is 86.1 cm³/mol. The van der Waals surface area contributed by atoms with Crippen LogP contribution in [0.5, 0.6) is 0 Å². The van der Waals surface area contributed by atoms with Crippen LogP contribution in [0.25, 0.3) is 0 Å². The smallest absolute Gasteiger partial charge is 0.358 e. The third-order valence-corrected chi connectivity index (χ3v) is 5.48. The van der Waals surface area contributed by atoms with Crippen molar-refractivity contribution in [2.45, 2.75) is 23.7 Å². The second-order valence-corrected chi connectivity index (χ2v) is 8.46. The zero-order chi connectivity index (χ0) is 17.6. The molecule has 3 rings (SSSR count). The normalized spacial score (nSPS) is 14.6. The van der Waals surface area contributed by atoms with Gasteiger partial charge in [-0.05, 0) is 47.0 Å². The number of aromatic carboxylic acids is 1. The Morgan fingerprint density at radius 3 is 2.50 bits per heavy atom. The van der Waals surface area contributed by atoms with E-state index in [9.17, 15) is 23.1 Å². The first kappa shape index (κ1) is 16.8. The lowest BCUT2D eigenvalue weighted by Crippen LogP contribution is -2.11. The molecular formula is C15H12BrNO6S. The second-order valence-electron chi connectivity index (χ2n) is 5.59. The van der Waals surface area contributed by atoms with Crippen LogP contribution in [0.2, 0.25) is 0 Å². The van der Waals surface area contributed by atoms with Gasteiger partial charge >= 0.3 is 5.97 Å². The largest absolute Gasteiger partial charge is 0.476 e. The third-order valence-electron chi connectivity index (χ3n) is 3.71. The van der Waals surface area contributed by atoms with Crippen molar-refractivity contribution >= 4 is 37.5 Å². The number of aromatic nitrogens is 1. The number of carboxylic acids is 1. The standard InChI is InChI=1S/C15H12BrNO6S/c1-24(21,22)8-4-5-9(10(16)6-8)13(18)11-12(15(19)20)17-23-14(11)7-2-3-7/h4-7H,2-3H2,1H3,(H,19,20). The summed E-state index contributed by atoms with van der Waals surface area (Å²) in [7, 11) is -3.42. The van der Waals surface area contributed by atoms with E-state index < -0.39 is 27.3 Å². The molecule has 1 fully saturated rings. The summed E-state index contributed by atoms with van der Waals surface area (Å²) < 4.78 is 28.5. The van der Waals surface area contributed by atoms with Gasteiger partial charge in [-0.15, -0.1) is 0 Å². The topological polar surface area (TPSA) is 115 Å². The molecule has 1 N–H and O–H groups in total. The zero-order valence-corrected chi connectivity index (χ0v) is 14.8. The Morgan fingerprint density at radius 2 is 2.00 bits per heavy atom. The Balaban J connectivity index is 2.10. The minimum Gasteiger partial charge on any atom is -0.476 e. The summed E-state index contributed by atoms with van der Waals surface area (Å²) in [5.41, 5.74) is -0.353. The summed E-state index contributed by atoms with van der Waals surface area (Å²) in [5.74, 6) is -1.64. The van der Waals surface area contributed by atoms with Crippen LogP contribution in [0.3, 0.4) is 0 Å². The summed E-state index contributed by atoms with van der Waals surface area (Å²) in [6, 6.07) is 3.96. The first-order valence-electron chi connectivity index (χ1n) is 6.97. The number of carbonyl (C=O) groups excluding carboxylic acids is 1. The van der Waals surface area contributed by atoms with Crippen LogP contribution >= 0.6 is 15.9 Å². The number of benzene rings is 1.